The third-order valence-electron chi connectivity index (χ3n) is 4.98. The van der Waals surface area contributed by atoms with Crippen LogP contribution in [0.25, 0.3) is 0 Å². The SMILES string of the molecule is CC1(C)CC(CN2CCN(C(=O)C3CCC3)C2=N[N+](=O)[O-])CO1. The second-order valence-corrected chi connectivity index (χ2v) is 7.34. The summed E-state index contributed by atoms with van der Waals surface area (Å²) in [5.41, 5.74) is -0.147. The predicted molar refractivity (Wildman–Crippen MR) is 83.2 cm³/mol. The zero-order chi connectivity index (χ0) is 16.6. The molecule has 2 aliphatic heterocycles. The van der Waals surface area contributed by atoms with E-state index in [0.717, 1.165) is 25.7 Å². The highest BCUT2D eigenvalue weighted by molar-refractivity contribution is 5.99. The van der Waals surface area contributed by atoms with Crippen molar-refractivity contribution in [2.45, 2.75) is 45.1 Å². The molecule has 3 fully saturated rings. The van der Waals surface area contributed by atoms with Crippen molar-refractivity contribution >= 4 is 11.9 Å². The molecular weight excluding hydrogens is 300 g/mol. The summed E-state index contributed by atoms with van der Waals surface area (Å²) in [6.07, 6.45) is 3.73. The van der Waals surface area contributed by atoms with E-state index in [1.807, 2.05) is 4.90 Å². The summed E-state index contributed by atoms with van der Waals surface area (Å²) in [6, 6.07) is 0. The van der Waals surface area contributed by atoms with Crippen molar-refractivity contribution in [3.63, 3.8) is 0 Å². The fourth-order valence-corrected chi connectivity index (χ4v) is 3.62. The van der Waals surface area contributed by atoms with Gasteiger partial charge in [0.05, 0.1) is 12.2 Å². The Morgan fingerprint density at radius 2 is 2.17 bits per heavy atom. The van der Waals surface area contributed by atoms with E-state index in [1.54, 1.807) is 0 Å². The number of hydrogen-bond acceptors (Lipinski definition) is 4. The summed E-state index contributed by atoms with van der Waals surface area (Å²) in [7, 11) is 0. The minimum Gasteiger partial charge on any atom is -0.375 e. The number of carbonyl (C=O) groups is 1. The van der Waals surface area contributed by atoms with Crippen LogP contribution < -0.4 is 0 Å². The quantitative estimate of drug-likeness (QED) is 0.574. The maximum atomic E-state index is 12.5. The van der Waals surface area contributed by atoms with E-state index in [4.69, 9.17) is 4.74 Å². The van der Waals surface area contributed by atoms with Crippen LogP contribution in [0.1, 0.15) is 39.5 Å². The van der Waals surface area contributed by atoms with Crippen LogP contribution in [-0.4, -0.2) is 58.5 Å². The fourth-order valence-electron chi connectivity index (χ4n) is 3.62. The topological polar surface area (TPSA) is 88.3 Å². The van der Waals surface area contributed by atoms with E-state index in [1.165, 1.54) is 4.90 Å². The lowest BCUT2D eigenvalue weighted by Crippen LogP contribution is -2.44. The average molecular weight is 324 g/mol. The molecule has 2 saturated heterocycles. The Balaban J connectivity index is 1.70. The lowest BCUT2D eigenvalue weighted by molar-refractivity contribution is -0.486. The number of guanidine groups is 1. The van der Waals surface area contributed by atoms with Crippen molar-refractivity contribution in [1.29, 1.82) is 0 Å². The van der Waals surface area contributed by atoms with Gasteiger partial charge in [-0.25, -0.2) is 10.1 Å². The fraction of sp³-hybridized carbons (Fsp3) is 0.867. The van der Waals surface area contributed by atoms with E-state index in [-0.39, 0.29) is 23.4 Å². The normalized spacial score (nSPS) is 29.1. The largest absolute Gasteiger partial charge is 0.375 e. The maximum Gasteiger partial charge on any atom is 0.280 e. The van der Waals surface area contributed by atoms with Gasteiger partial charge in [0.1, 0.15) is 5.10 Å². The van der Waals surface area contributed by atoms with Crippen molar-refractivity contribution in [1.82, 2.24) is 9.80 Å². The van der Waals surface area contributed by atoms with Gasteiger partial charge < -0.3 is 9.64 Å². The lowest BCUT2D eigenvalue weighted by Gasteiger charge is -2.29. The van der Waals surface area contributed by atoms with Crippen molar-refractivity contribution in [2.75, 3.05) is 26.2 Å². The minimum absolute atomic E-state index is 0.0117. The second-order valence-electron chi connectivity index (χ2n) is 7.34. The van der Waals surface area contributed by atoms with Crippen LogP contribution >= 0.6 is 0 Å². The standard InChI is InChI=1S/C15H24N4O4/c1-15(2)8-11(10-23-15)9-17-6-7-18(14(17)16-19(21)22)13(20)12-4-3-5-12/h11-12H,3-10H2,1-2H3. The summed E-state index contributed by atoms with van der Waals surface area (Å²) in [6.45, 7) is 6.47. The molecule has 1 saturated carbocycles. The summed E-state index contributed by atoms with van der Waals surface area (Å²) in [4.78, 5) is 26.7. The highest BCUT2D eigenvalue weighted by Crippen LogP contribution is 2.32. The van der Waals surface area contributed by atoms with Gasteiger partial charge in [-0.3, -0.25) is 9.69 Å². The molecule has 0 aromatic rings. The molecule has 1 aliphatic carbocycles. The molecule has 0 bridgehead atoms. The molecule has 3 aliphatic rings. The molecule has 1 unspecified atom stereocenters. The summed E-state index contributed by atoms with van der Waals surface area (Å²) in [5.74, 6) is 0.514. The number of hydrazone groups is 1. The first-order chi connectivity index (χ1) is 10.9. The Labute approximate surface area is 135 Å². The molecule has 0 N–H and O–H groups in total. The molecular formula is C15H24N4O4. The van der Waals surface area contributed by atoms with Crippen LogP contribution in [0, 0.1) is 22.0 Å². The Morgan fingerprint density at radius 3 is 2.70 bits per heavy atom. The number of hydrogen-bond donors (Lipinski definition) is 0. The van der Waals surface area contributed by atoms with Crippen molar-refractivity contribution in [3.05, 3.63) is 10.1 Å². The first kappa shape index (κ1) is 16.2. The van der Waals surface area contributed by atoms with Crippen LogP contribution in [0.2, 0.25) is 0 Å². The Bertz CT molecular complexity index is 530. The molecule has 0 aromatic heterocycles. The van der Waals surface area contributed by atoms with Crippen LogP contribution in [0.5, 0.6) is 0 Å². The molecule has 3 rings (SSSR count). The maximum absolute atomic E-state index is 12.5. The molecule has 1 atom stereocenters. The van der Waals surface area contributed by atoms with Gasteiger partial charge in [0.25, 0.3) is 5.96 Å². The third kappa shape index (κ3) is 3.46. The van der Waals surface area contributed by atoms with Gasteiger partial charge in [-0.1, -0.05) is 6.42 Å². The number of nitro groups is 1. The number of amides is 1. The molecule has 8 nitrogen and oxygen atoms in total. The molecule has 0 aromatic carbocycles. The van der Waals surface area contributed by atoms with Crippen LogP contribution in [-0.2, 0) is 9.53 Å². The van der Waals surface area contributed by atoms with Gasteiger partial charge in [0, 0.05) is 31.5 Å². The van der Waals surface area contributed by atoms with Gasteiger partial charge in [-0.15, -0.1) is 0 Å². The smallest absolute Gasteiger partial charge is 0.280 e. The van der Waals surface area contributed by atoms with Crippen LogP contribution in [0.3, 0.4) is 0 Å². The Kier molecular flexibility index (Phi) is 4.27. The van der Waals surface area contributed by atoms with Crippen molar-refractivity contribution < 1.29 is 14.6 Å². The van der Waals surface area contributed by atoms with E-state index in [0.29, 0.717) is 32.2 Å². The van der Waals surface area contributed by atoms with Gasteiger partial charge in [0.15, 0.2) is 5.03 Å². The molecule has 8 heteroatoms. The van der Waals surface area contributed by atoms with E-state index < -0.39 is 5.03 Å². The highest BCUT2D eigenvalue weighted by atomic mass is 16.7. The van der Waals surface area contributed by atoms with Crippen molar-refractivity contribution in [2.24, 2.45) is 16.9 Å². The zero-order valence-corrected chi connectivity index (χ0v) is 13.7. The first-order valence-corrected chi connectivity index (χ1v) is 8.29. The predicted octanol–water partition coefficient (Wildman–Crippen LogP) is 1.29. The van der Waals surface area contributed by atoms with Gasteiger partial charge in [-0.05, 0) is 33.1 Å². The first-order valence-electron chi connectivity index (χ1n) is 8.29. The minimum atomic E-state index is -0.705. The monoisotopic (exact) mass is 324 g/mol. The highest BCUT2D eigenvalue weighted by Gasteiger charge is 2.41. The average Bonchev–Trinajstić information content (AvgIpc) is 2.91. The van der Waals surface area contributed by atoms with E-state index in [2.05, 4.69) is 18.9 Å². The number of nitrogens with zero attached hydrogens (tertiary/aromatic N) is 4. The van der Waals surface area contributed by atoms with Gasteiger partial charge >= 0.3 is 0 Å². The third-order valence-corrected chi connectivity index (χ3v) is 4.98. The Hall–Kier alpha value is -1.70. The number of ether oxygens (including phenoxy) is 1. The molecule has 23 heavy (non-hydrogen) atoms. The molecule has 2 heterocycles. The van der Waals surface area contributed by atoms with Gasteiger partial charge in [-0.2, -0.15) is 0 Å². The van der Waals surface area contributed by atoms with E-state index in [9.17, 15) is 14.9 Å². The summed E-state index contributed by atoms with van der Waals surface area (Å²) < 4.78 is 5.74. The lowest BCUT2D eigenvalue weighted by atomic mass is 9.84. The van der Waals surface area contributed by atoms with Crippen LogP contribution in [0.4, 0.5) is 0 Å². The second kappa shape index (κ2) is 6.07. The van der Waals surface area contributed by atoms with Crippen LogP contribution in [0.15, 0.2) is 5.10 Å². The molecule has 128 valence electrons. The zero-order valence-electron chi connectivity index (χ0n) is 13.7. The molecule has 0 radical (unpaired) electrons. The summed E-state index contributed by atoms with van der Waals surface area (Å²) in [5, 5.41) is 13.7. The Morgan fingerprint density at radius 1 is 1.43 bits per heavy atom. The van der Waals surface area contributed by atoms with E-state index >= 15 is 0 Å². The number of carbonyl (C=O) groups excluding carboxylic acids is 1. The molecule has 0 spiro atoms. The van der Waals surface area contributed by atoms with Crippen molar-refractivity contribution in [3.8, 4) is 0 Å². The summed E-state index contributed by atoms with van der Waals surface area (Å²) >= 11 is 0. The number of rotatable bonds is 4. The molecule has 1 amide bonds. The van der Waals surface area contributed by atoms with Gasteiger partial charge in [0.2, 0.25) is 5.91 Å².